The van der Waals surface area contributed by atoms with Gasteiger partial charge in [0.2, 0.25) is 15.9 Å². The molecule has 1 amide bonds. The van der Waals surface area contributed by atoms with Gasteiger partial charge in [0.05, 0.1) is 4.90 Å². The highest BCUT2D eigenvalue weighted by atomic mass is 35.5. The van der Waals surface area contributed by atoms with Gasteiger partial charge >= 0.3 is 0 Å². The number of amides is 1. The fourth-order valence-electron chi connectivity index (χ4n) is 2.92. The monoisotopic (exact) mass is 403 g/mol. The number of hydrogen-bond donors (Lipinski definition) is 3. The van der Waals surface area contributed by atoms with Gasteiger partial charge in [0.25, 0.3) is 0 Å². The standard InChI is InChI=1S/C18H29N3O3S.ClH/c1-13(2)12-17(18(22)20-15-8-10-19-11-9-15)21-25(23,24)16-6-4-14(3)5-7-16;/h4-7,13,15,17,19,21H,8-12H2,1-3H3,(H,20,22);1H. The van der Waals surface area contributed by atoms with Gasteiger partial charge in [0, 0.05) is 6.04 Å². The van der Waals surface area contributed by atoms with Crippen molar-refractivity contribution in [3.63, 3.8) is 0 Å². The molecule has 3 N–H and O–H groups in total. The van der Waals surface area contributed by atoms with Crippen molar-refractivity contribution in [1.29, 1.82) is 0 Å². The summed E-state index contributed by atoms with van der Waals surface area (Å²) >= 11 is 0. The van der Waals surface area contributed by atoms with Crippen LogP contribution in [0.5, 0.6) is 0 Å². The largest absolute Gasteiger partial charge is 0.352 e. The van der Waals surface area contributed by atoms with Crippen LogP contribution in [-0.4, -0.2) is 39.5 Å². The van der Waals surface area contributed by atoms with Gasteiger partial charge in [-0.1, -0.05) is 31.5 Å². The van der Waals surface area contributed by atoms with E-state index in [-0.39, 0.29) is 35.2 Å². The third-order valence-corrected chi connectivity index (χ3v) is 5.83. The lowest BCUT2D eigenvalue weighted by Crippen LogP contribution is -2.52. The fraction of sp³-hybridized carbons (Fsp3) is 0.611. The second-order valence-corrected chi connectivity index (χ2v) is 8.86. The molecule has 6 nitrogen and oxygen atoms in total. The molecule has 26 heavy (non-hydrogen) atoms. The normalized spacial score (nSPS) is 16.8. The summed E-state index contributed by atoms with van der Waals surface area (Å²) in [5.41, 5.74) is 0.987. The fourth-order valence-corrected chi connectivity index (χ4v) is 4.13. The van der Waals surface area contributed by atoms with E-state index in [2.05, 4.69) is 15.4 Å². The number of carbonyl (C=O) groups excluding carboxylic acids is 1. The third kappa shape index (κ3) is 6.87. The van der Waals surface area contributed by atoms with E-state index in [1.807, 2.05) is 20.8 Å². The number of piperidine rings is 1. The first-order chi connectivity index (χ1) is 11.8. The summed E-state index contributed by atoms with van der Waals surface area (Å²) in [5, 5.41) is 6.25. The molecule has 1 fully saturated rings. The van der Waals surface area contributed by atoms with E-state index in [9.17, 15) is 13.2 Å². The van der Waals surface area contributed by atoms with Gasteiger partial charge in [-0.05, 0) is 57.3 Å². The Morgan fingerprint density at radius 2 is 1.77 bits per heavy atom. The molecule has 1 unspecified atom stereocenters. The molecule has 1 aliphatic heterocycles. The van der Waals surface area contributed by atoms with Gasteiger partial charge in [-0.3, -0.25) is 4.79 Å². The van der Waals surface area contributed by atoms with Gasteiger partial charge in [0.15, 0.2) is 0 Å². The van der Waals surface area contributed by atoms with E-state index in [0.717, 1.165) is 31.5 Å². The Hall–Kier alpha value is -1.15. The molecule has 0 aromatic heterocycles. The van der Waals surface area contributed by atoms with E-state index in [0.29, 0.717) is 6.42 Å². The Labute approximate surface area is 163 Å². The number of nitrogens with one attached hydrogen (secondary N) is 3. The predicted molar refractivity (Wildman–Crippen MR) is 106 cm³/mol. The molecule has 2 rings (SSSR count). The Balaban J connectivity index is 0.00000338. The van der Waals surface area contributed by atoms with Gasteiger partial charge in [0.1, 0.15) is 6.04 Å². The van der Waals surface area contributed by atoms with E-state index < -0.39 is 16.1 Å². The van der Waals surface area contributed by atoms with E-state index in [1.165, 1.54) is 0 Å². The van der Waals surface area contributed by atoms with Crippen LogP contribution in [-0.2, 0) is 14.8 Å². The molecule has 1 aromatic carbocycles. The minimum absolute atomic E-state index is 0. The van der Waals surface area contributed by atoms with Crippen molar-refractivity contribution in [2.24, 2.45) is 5.92 Å². The van der Waals surface area contributed by atoms with Crippen LogP contribution in [0.3, 0.4) is 0 Å². The average molecular weight is 404 g/mol. The zero-order valence-corrected chi connectivity index (χ0v) is 17.3. The summed E-state index contributed by atoms with van der Waals surface area (Å²) in [5.74, 6) is -0.0409. The summed E-state index contributed by atoms with van der Waals surface area (Å²) in [7, 11) is -3.73. The lowest BCUT2D eigenvalue weighted by Gasteiger charge is -2.27. The first-order valence-corrected chi connectivity index (χ1v) is 10.4. The molecule has 1 aliphatic rings. The molecule has 1 aromatic rings. The molecule has 1 saturated heterocycles. The highest BCUT2D eigenvalue weighted by molar-refractivity contribution is 7.89. The van der Waals surface area contributed by atoms with Crippen molar-refractivity contribution in [3.8, 4) is 0 Å². The first kappa shape index (κ1) is 22.9. The molecule has 8 heteroatoms. The van der Waals surface area contributed by atoms with Crippen molar-refractivity contribution in [3.05, 3.63) is 29.8 Å². The van der Waals surface area contributed by atoms with Crippen LogP contribution in [0.4, 0.5) is 0 Å². The third-order valence-electron chi connectivity index (χ3n) is 4.34. The van der Waals surface area contributed by atoms with Crippen molar-refractivity contribution in [2.45, 2.75) is 57.0 Å². The first-order valence-electron chi connectivity index (χ1n) is 8.88. The van der Waals surface area contributed by atoms with Crippen molar-refractivity contribution < 1.29 is 13.2 Å². The van der Waals surface area contributed by atoms with Gasteiger partial charge < -0.3 is 10.6 Å². The van der Waals surface area contributed by atoms with Crippen LogP contribution >= 0.6 is 12.4 Å². The number of benzene rings is 1. The molecule has 148 valence electrons. The summed E-state index contributed by atoms with van der Waals surface area (Å²) in [6, 6.07) is 5.97. The van der Waals surface area contributed by atoms with Gasteiger partial charge in [-0.15, -0.1) is 12.4 Å². The zero-order valence-electron chi connectivity index (χ0n) is 15.6. The number of aryl methyl sites for hydroxylation is 1. The van der Waals surface area contributed by atoms with Crippen LogP contribution in [0.2, 0.25) is 0 Å². The molecule has 1 heterocycles. The topological polar surface area (TPSA) is 87.3 Å². The predicted octanol–water partition coefficient (Wildman–Crippen LogP) is 1.98. The highest BCUT2D eigenvalue weighted by Crippen LogP contribution is 2.14. The maximum Gasteiger partial charge on any atom is 0.241 e. The highest BCUT2D eigenvalue weighted by Gasteiger charge is 2.28. The maximum absolute atomic E-state index is 12.7. The van der Waals surface area contributed by atoms with Crippen molar-refractivity contribution >= 4 is 28.3 Å². The Kier molecular flexibility index (Phi) is 9.03. The lowest BCUT2D eigenvalue weighted by atomic mass is 10.0. The number of rotatable bonds is 7. The molecular weight excluding hydrogens is 374 g/mol. The van der Waals surface area contributed by atoms with Crippen molar-refractivity contribution in [1.82, 2.24) is 15.4 Å². The van der Waals surface area contributed by atoms with Crippen LogP contribution in [0.25, 0.3) is 0 Å². The number of hydrogen-bond acceptors (Lipinski definition) is 4. The van der Waals surface area contributed by atoms with Gasteiger partial charge in [-0.2, -0.15) is 4.72 Å². The molecule has 1 atom stereocenters. The second kappa shape index (κ2) is 10.3. The summed E-state index contributed by atoms with van der Waals surface area (Å²) in [4.78, 5) is 12.8. The van der Waals surface area contributed by atoms with E-state index in [4.69, 9.17) is 0 Å². The molecule has 0 bridgehead atoms. The molecule has 0 radical (unpaired) electrons. The summed E-state index contributed by atoms with van der Waals surface area (Å²) in [6.45, 7) is 7.59. The average Bonchev–Trinajstić information content (AvgIpc) is 2.55. The quantitative estimate of drug-likeness (QED) is 0.649. The van der Waals surface area contributed by atoms with E-state index in [1.54, 1.807) is 24.3 Å². The van der Waals surface area contributed by atoms with Crippen LogP contribution in [0.1, 0.15) is 38.7 Å². The van der Waals surface area contributed by atoms with Crippen LogP contribution in [0, 0.1) is 12.8 Å². The second-order valence-electron chi connectivity index (χ2n) is 7.15. The number of carbonyl (C=O) groups is 1. The summed E-state index contributed by atoms with van der Waals surface area (Å²) < 4.78 is 27.9. The van der Waals surface area contributed by atoms with E-state index >= 15 is 0 Å². The van der Waals surface area contributed by atoms with Gasteiger partial charge in [-0.25, -0.2) is 8.42 Å². The maximum atomic E-state index is 12.7. The van der Waals surface area contributed by atoms with Crippen molar-refractivity contribution in [2.75, 3.05) is 13.1 Å². The number of halogens is 1. The SMILES string of the molecule is Cc1ccc(S(=O)(=O)NC(CC(C)C)C(=O)NC2CCNCC2)cc1.Cl. The molecule has 0 spiro atoms. The minimum Gasteiger partial charge on any atom is -0.352 e. The molecule has 0 aliphatic carbocycles. The smallest absolute Gasteiger partial charge is 0.241 e. The minimum atomic E-state index is -3.73. The van der Waals surface area contributed by atoms with Crippen LogP contribution < -0.4 is 15.4 Å². The lowest BCUT2D eigenvalue weighted by molar-refractivity contribution is -0.124. The van der Waals surface area contributed by atoms with Crippen LogP contribution in [0.15, 0.2) is 29.2 Å². The summed E-state index contributed by atoms with van der Waals surface area (Å²) in [6.07, 6.45) is 2.19. The Bertz CT molecular complexity index is 671. The Morgan fingerprint density at radius 3 is 2.31 bits per heavy atom. The molecular formula is C18H30ClN3O3S. The zero-order chi connectivity index (χ0) is 18.4. The molecule has 0 saturated carbocycles. The Morgan fingerprint density at radius 1 is 1.19 bits per heavy atom. The number of sulfonamides is 1.